The molecule has 0 spiro atoms. The fourth-order valence-electron chi connectivity index (χ4n) is 2.14. The molecule has 1 aromatic carbocycles. The summed E-state index contributed by atoms with van der Waals surface area (Å²) in [5.74, 6) is 0. The maximum atomic E-state index is 12.5. The fraction of sp³-hybridized carbons (Fsp3) is 0.467. The summed E-state index contributed by atoms with van der Waals surface area (Å²) in [7, 11) is 0. The molecule has 0 amide bonds. The van der Waals surface area contributed by atoms with Gasteiger partial charge in [0.25, 0.3) is 5.56 Å². The van der Waals surface area contributed by atoms with Crippen LogP contribution in [0.3, 0.4) is 0 Å². The highest BCUT2D eigenvalue weighted by Gasteiger charge is 2.13. The second kappa shape index (κ2) is 6.69. The SMILES string of the molecule is CCOCn1c(=O)c2cc(C)ccc2n(COCC)c1=O. The molecular formula is C15H20N2O4. The summed E-state index contributed by atoms with van der Waals surface area (Å²) in [5, 5.41) is 0.494. The van der Waals surface area contributed by atoms with Gasteiger partial charge in [-0.25, -0.2) is 9.36 Å². The fourth-order valence-corrected chi connectivity index (χ4v) is 2.14. The van der Waals surface area contributed by atoms with Gasteiger partial charge in [0, 0.05) is 13.2 Å². The second-order valence-electron chi connectivity index (χ2n) is 4.71. The first-order valence-electron chi connectivity index (χ1n) is 6.99. The van der Waals surface area contributed by atoms with Gasteiger partial charge in [-0.2, -0.15) is 0 Å². The third-order valence-corrected chi connectivity index (χ3v) is 3.23. The molecule has 0 saturated carbocycles. The van der Waals surface area contributed by atoms with Crippen LogP contribution in [0.2, 0.25) is 0 Å². The Morgan fingerprint density at radius 3 is 2.24 bits per heavy atom. The Morgan fingerprint density at radius 2 is 1.62 bits per heavy atom. The molecule has 6 nitrogen and oxygen atoms in total. The van der Waals surface area contributed by atoms with Crippen LogP contribution in [0.5, 0.6) is 0 Å². The number of hydrogen-bond acceptors (Lipinski definition) is 4. The number of nitrogens with zero attached hydrogens (tertiary/aromatic N) is 2. The van der Waals surface area contributed by atoms with E-state index in [0.29, 0.717) is 24.1 Å². The van der Waals surface area contributed by atoms with E-state index in [1.54, 1.807) is 12.1 Å². The average Bonchev–Trinajstić information content (AvgIpc) is 2.47. The van der Waals surface area contributed by atoms with Gasteiger partial charge >= 0.3 is 5.69 Å². The lowest BCUT2D eigenvalue weighted by Crippen LogP contribution is -2.41. The minimum Gasteiger partial charge on any atom is -0.361 e. The van der Waals surface area contributed by atoms with Crippen LogP contribution < -0.4 is 11.2 Å². The standard InChI is InChI=1S/C15H20N2O4/c1-4-20-9-16-13-7-6-11(3)8-12(13)14(18)17(15(16)19)10-21-5-2/h6-8H,4-5,9-10H2,1-3H3. The molecule has 1 aromatic heterocycles. The largest absolute Gasteiger partial charge is 0.361 e. The molecule has 0 saturated heterocycles. The van der Waals surface area contributed by atoms with Crippen LogP contribution in [-0.2, 0) is 22.9 Å². The van der Waals surface area contributed by atoms with Crippen LogP contribution in [0.15, 0.2) is 27.8 Å². The van der Waals surface area contributed by atoms with Crippen LogP contribution in [-0.4, -0.2) is 22.3 Å². The van der Waals surface area contributed by atoms with Crippen molar-refractivity contribution >= 4 is 10.9 Å². The molecule has 114 valence electrons. The topological polar surface area (TPSA) is 62.5 Å². The summed E-state index contributed by atoms with van der Waals surface area (Å²) < 4.78 is 13.1. The van der Waals surface area contributed by atoms with Crippen molar-refractivity contribution in [1.82, 2.24) is 9.13 Å². The highest BCUT2D eigenvalue weighted by atomic mass is 16.5. The molecule has 2 aromatic rings. The normalized spacial score (nSPS) is 11.2. The summed E-state index contributed by atoms with van der Waals surface area (Å²) in [4.78, 5) is 24.9. The zero-order valence-electron chi connectivity index (χ0n) is 12.6. The van der Waals surface area contributed by atoms with E-state index in [-0.39, 0.29) is 19.0 Å². The molecule has 0 unspecified atom stereocenters. The predicted octanol–water partition coefficient (Wildman–Crippen LogP) is 1.46. The first-order valence-corrected chi connectivity index (χ1v) is 6.99. The lowest BCUT2D eigenvalue weighted by atomic mass is 10.1. The summed E-state index contributed by atoms with van der Waals surface area (Å²) >= 11 is 0. The van der Waals surface area contributed by atoms with E-state index in [9.17, 15) is 9.59 Å². The molecule has 0 radical (unpaired) electrons. The maximum Gasteiger partial charge on any atom is 0.335 e. The number of fused-ring (bicyclic) bond motifs is 1. The summed E-state index contributed by atoms with van der Waals surface area (Å²) in [5.41, 5.74) is 0.791. The third-order valence-electron chi connectivity index (χ3n) is 3.23. The van der Waals surface area contributed by atoms with Gasteiger partial charge in [-0.3, -0.25) is 9.36 Å². The zero-order chi connectivity index (χ0) is 15.4. The Morgan fingerprint density at radius 1 is 1.00 bits per heavy atom. The molecular weight excluding hydrogens is 272 g/mol. The van der Waals surface area contributed by atoms with Crippen LogP contribution >= 0.6 is 0 Å². The van der Waals surface area contributed by atoms with E-state index in [1.165, 1.54) is 4.57 Å². The van der Waals surface area contributed by atoms with Crippen molar-refractivity contribution in [3.8, 4) is 0 Å². The molecule has 0 N–H and O–H groups in total. The van der Waals surface area contributed by atoms with Crippen LogP contribution in [0.4, 0.5) is 0 Å². The summed E-state index contributed by atoms with van der Waals surface area (Å²) in [6.45, 7) is 6.56. The molecule has 0 aliphatic carbocycles. The average molecular weight is 292 g/mol. The molecule has 21 heavy (non-hydrogen) atoms. The van der Waals surface area contributed by atoms with E-state index in [4.69, 9.17) is 9.47 Å². The Kier molecular flexibility index (Phi) is 4.93. The van der Waals surface area contributed by atoms with Crippen molar-refractivity contribution in [3.05, 3.63) is 44.6 Å². The summed E-state index contributed by atoms with van der Waals surface area (Å²) in [6, 6.07) is 5.43. The van der Waals surface area contributed by atoms with E-state index in [1.807, 2.05) is 26.8 Å². The number of benzene rings is 1. The Balaban J connectivity index is 2.73. The summed E-state index contributed by atoms with van der Waals surface area (Å²) in [6.07, 6.45) is 0. The molecule has 6 heteroatoms. The van der Waals surface area contributed by atoms with Gasteiger partial charge < -0.3 is 9.47 Å². The lowest BCUT2D eigenvalue weighted by molar-refractivity contribution is 0.0689. The highest BCUT2D eigenvalue weighted by molar-refractivity contribution is 5.78. The molecule has 0 fully saturated rings. The van der Waals surface area contributed by atoms with Crippen LogP contribution in [0.1, 0.15) is 19.4 Å². The van der Waals surface area contributed by atoms with Crippen molar-refractivity contribution < 1.29 is 9.47 Å². The van der Waals surface area contributed by atoms with Crippen molar-refractivity contribution in [2.24, 2.45) is 0 Å². The number of hydrogen-bond donors (Lipinski definition) is 0. The van der Waals surface area contributed by atoms with Gasteiger partial charge in [0.05, 0.1) is 10.9 Å². The molecule has 1 heterocycles. The van der Waals surface area contributed by atoms with Gasteiger partial charge in [-0.05, 0) is 32.9 Å². The van der Waals surface area contributed by atoms with E-state index < -0.39 is 5.69 Å². The smallest absolute Gasteiger partial charge is 0.335 e. The van der Waals surface area contributed by atoms with Crippen molar-refractivity contribution in [3.63, 3.8) is 0 Å². The quantitative estimate of drug-likeness (QED) is 0.808. The van der Waals surface area contributed by atoms with Crippen molar-refractivity contribution in [2.45, 2.75) is 34.2 Å². The highest BCUT2D eigenvalue weighted by Crippen LogP contribution is 2.11. The van der Waals surface area contributed by atoms with E-state index in [2.05, 4.69) is 0 Å². The Labute approximate surface area is 122 Å². The molecule has 2 rings (SSSR count). The minimum absolute atomic E-state index is 0.0514. The first kappa shape index (κ1) is 15.5. The zero-order valence-corrected chi connectivity index (χ0v) is 12.6. The van der Waals surface area contributed by atoms with Crippen molar-refractivity contribution in [2.75, 3.05) is 13.2 Å². The van der Waals surface area contributed by atoms with Crippen LogP contribution in [0.25, 0.3) is 10.9 Å². The predicted molar refractivity (Wildman–Crippen MR) is 80.5 cm³/mol. The third kappa shape index (κ3) is 3.06. The number of ether oxygens (including phenoxy) is 2. The molecule has 0 atom stereocenters. The van der Waals surface area contributed by atoms with Crippen molar-refractivity contribution in [1.29, 1.82) is 0 Å². The Hall–Kier alpha value is -1.92. The number of aromatic nitrogens is 2. The maximum absolute atomic E-state index is 12.5. The molecule has 0 bridgehead atoms. The first-order chi connectivity index (χ1) is 10.1. The number of rotatable bonds is 6. The Bertz CT molecular complexity index is 746. The molecule has 0 aliphatic heterocycles. The van der Waals surface area contributed by atoms with Gasteiger partial charge in [-0.1, -0.05) is 11.6 Å². The van der Waals surface area contributed by atoms with Crippen LogP contribution in [0, 0.1) is 6.92 Å². The molecule has 0 aliphatic rings. The van der Waals surface area contributed by atoms with Gasteiger partial charge in [0.1, 0.15) is 13.5 Å². The lowest BCUT2D eigenvalue weighted by Gasteiger charge is -2.14. The van der Waals surface area contributed by atoms with Gasteiger partial charge in [0.2, 0.25) is 0 Å². The van der Waals surface area contributed by atoms with Gasteiger partial charge in [0.15, 0.2) is 0 Å². The van der Waals surface area contributed by atoms with E-state index in [0.717, 1.165) is 10.1 Å². The minimum atomic E-state index is -0.418. The van der Waals surface area contributed by atoms with E-state index >= 15 is 0 Å². The van der Waals surface area contributed by atoms with Gasteiger partial charge in [-0.15, -0.1) is 0 Å². The number of aryl methyl sites for hydroxylation is 1. The second-order valence-corrected chi connectivity index (χ2v) is 4.71. The monoisotopic (exact) mass is 292 g/mol.